The summed E-state index contributed by atoms with van der Waals surface area (Å²) >= 11 is 0. The van der Waals surface area contributed by atoms with Crippen molar-refractivity contribution < 1.29 is 35.2 Å². The van der Waals surface area contributed by atoms with Crippen molar-refractivity contribution in [2.24, 2.45) is 26.8 Å². The lowest BCUT2D eigenvalue weighted by atomic mass is 10.1. The Morgan fingerprint density at radius 3 is 2.38 bits per heavy atom. The van der Waals surface area contributed by atoms with Crippen LogP contribution in [0.25, 0.3) is 0 Å². The highest BCUT2D eigenvalue weighted by Crippen LogP contribution is 2.19. The molecule has 34 heavy (non-hydrogen) atoms. The molecule has 1 amide bonds. The number of nitrogens with two attached hydrogens (primary N) is 2. The first kappa shape index (κ1) is 25.9. The maximum absolute atomic E-state index is 11.9. The first-order chi connectivity index (χ1) is 16.1. The number of aliphatic hydroxyl groups excluding tert-OH is 3. The zero-order chi connectivity index (χ0) is 25.3. The normalized spacial score (nSPS) is 15.1. The van der Waals surface area contributed by atoms with Crippen molar-refractivity contribution in [1.29, 1.82) is 0 Å². The number of rotatable bonds is 10. The Bertz CT molecular complexity index is 1090. The van der Waals surface area contributed by atoms with Gasteiger partial charge >= 0.3 is 0 Å². The molecule has 3 atom stereocenters. The van der Waals surface area contributed by atoms with E-state index in [9.17, 15) is 25.2 Å². The fraction of sp³-hybridized carbons (Fsp3) is 0.263. The van der Waals surface area contributed by atoms with E-state index >= 15 is 0 Å². The number of carbonyl (C=O) groups is 1. The van der Waals surface area contributed by atoms with Crippen LogP contribution in [0.3, 0.4) is 0 Å². The Kier molecular flexibility index (Phi) is 9.18. The number of anilines is 1. The van der Waals surface area contributed by atoms with Gasteiger partial charge in [0.2, 0.25) is 0 Å². The standard InChI is InChI=1S/C19H24N8O7/c1-9(28)17(33)13(31)7-24-34-8-14(32)25-10-5-12(30)16(23-6-10)19(21)27-26-18(20)15-11(29)3-2-4-22-15/h2-7,9,13,17,28-31,33H,8H2,1H3,(H2,20,26)(H2,21,27)(H,25,32)/b24-7+. The maximum atomic E-state index is 11.9. The minimum absolute atomic E-state index is 0.00510. The monoisotopic (exact) mass is 476 g/mol. The summed E-state index contributed by atoms with van der Waals surface area (Å²) in [5.74, 6) is -1.83. The second-order valence-electron chi connectivity index (χ2n) is 6.73. The SMILES string of the molecule is CC(O)C(O)C(O)/C=N/OCC(=O)Nc1cnc(/C(N)=N/N=C(\N)c2ncccc2O)c(O)c1. The smallest absolute Gasteiger partial charge is 0.265 e. The molecule has 0 fully saturated rings. The number of aromatic nitrogens is 2. The molecule has 2 rings (SSSR count). The van der Waals surface area contributed by atoms with Gasteiger partial charge in [-0.3, -0.25) is 4.79 Å². The Labute approximate surface area is 192 Å². The van der Waals surface area contributed by atoms with E-state index < -0.39 is 36.6 Å². The summed E-state index contributed by atoms with van der Waals surface area (Å²) in [6.07, 6.45) is -0.746. The summed E-state index contributed by atoms with van der Waals surface area (Å²) in [4.78, 5) is 24.4. The van der Waals surface area contributed by atoms with Crippen molar-refractivity contribution in [2.45, 2.75) is 25.2 Å². The van der Waals surface area contributed by atoms with Gasteiger partial charge in [-0.1, -0.05) is 5.16 Å². The van der Waals surface area contributed by atoms with Crippen LogP contribution in [0.2, 0.25) is 0 Å². The molecule has 2 aromatic rings. The molecule has 0 aromatic carbocycles. The van der Waals surface area contributed by atoms with Crippen LogP contribution in [0.5, 0.6) is 11.5 Å². The van der Waals surface area contributed by atoms with E-state index in [-0.39, 0.29) is 34.5 Å². The third-order valence-electron chi connectivity index (χ3n) is 4.02. The summed E-state index contributed by atoms with van der Waals surface area (Å²) in [6.45, 7) is 0.718. The van der Waals surface area contributed by atoms with E-state index in [1.165, 1.54) is 31.5 Å². The van der Waals surface area contributed by atoms with Gasteiger partial charge in [0.1, 0.15) is 35.1 Å². The number of aromatic hydroxyl groups is 2. The van der Waals surface area contributed by atoms with E-state index in [2.05, 4.69) is 30.6 Å². The Hall–Kier alpha value is -4.34. The number of carbonyl (C=O) groups excluding carboxylic acids is 1. The van der Waals surface area contributed by atoms with Crippen LogP contribution in [0.15, 0.2) is 46.0 Å². The minimum atomic E-state index is -1.49. The third kappa shape index (κ3) is 7.37. The highest BCUT2D eigenvalue weighted by molar-refractivity contribution is 6.01. The largest absolute Gasteiger partial charge is 0.506 e. The topological polar surface area (TPSA) is 254 Å². The van der Waals surface area contributed by atoms with Crippen LogP contribution in [0.1, 0.15) is 18.3 Å². The quantitative estimate of drug-likeness (QED) is 0.105. The molecule has 0 radical (unpaired) electrons. The predicted octanol–water partition coefficient (Wildman–Crippen LogP) is -2.04. The number of nitrogens with zero attached hydrogens (tertiary/aromatic N) is 5. The first-order valence-electron chi connectivity index (χ1n) is 9.60. The summed E-state index contributed by atoms with van der Waals surface area (Å²) < 4.78 is 0. The van der Waals surface area contributed by atoms with Crippen LogP contribution in [0.4, 0.5) is 5.69 Å². The molecule has 0 aliphatic carbocycles. The lowest BCUT2D eigenvalue weighted by Crippen LogP contribution is -2.36. The number of hydrogen-bond donors (Lipinski definition) is 8. The number of pyridine rings is 2. The van der Waals surface area contributed by atoms with E-state index in [1.807, 2.05) is 0 Å². The predicted molar refractivity (Wildman–Crippen MR) is 120 cm³/mol. The summed E-state index contributed by atoms with van der Waals surface area (Å²) in [6, 6.07) is 4.01. The lowest BCUT2D eigenvalue weighted by Gasteiger charge is -2.15. The van der Waals surface area contributed by atoms with Gasteiger partial charge < -0.3 is 47.2 Å². The molecular formula is C19H24N8O7. The van der Waals surface area contributed by atoms with Crippen LogP contribution in [-0.4, -0.2) is 84.2 Å². The van der Waals surface area contributed by atoms with Gasteiger partial charge in [0.25, 0.3) is 5.91 Å². The van der Waals surface area contributed by atoms with E-state index in [4.69, 9.17) is 21.4 Å². The average Bonchev–Trinajstić information content (AvgIpc) is 2.79. The number of amidine groups is 2. The summed E-state index contributed by atoms with van der Waals surface area (Å²) in [7, 11) is 0. The second-order valence-corrected chi connectivity index (χ2v) is 6.73. The summed E-state index contributed by atoms with van der Waals surface area (Å²) in [5.41, 5.74) is 11.4. The highest BCUT2D eigenvalue weighted by atomic mass is 16.6. The fourth-order valence-electron chi connectivity index (χ4n) is 2.29. The summed E-state index contributed by atoms with van der Waals surface area (Å²) in [5, 5.41) is 60.9. The van der Waals surface area contributed by atoms with Gasteiger partial charge in [0.15, 0.2) is 18.3 Å². The number of amides is 1. The molecule has 0 aliphatic heterocycles. The van der Waals surface area contributed by atoms with Crippen LogP contribution < -0.4 is 16.8 Å². The molecule has 0 saturated heterocycles. The molecule has 3 unspecified atom stereocenters. The molecule has 0 bridgehead atoms. The minimum Gasteiger partial charge on any atom is -0.506 e. The average molecular weight is 476 g/mol. The lowest BCUT2D eigenvalue weighted by molar-refractivity contribution is -0.120. The molecule has 0 aliphatic rings. The number of oxime groups is 1. The number of hydrogen-bond acceptors (Lipinski definition) is 12. The van der Waals surface area contributed by atoms with Crippen molar-refractivity contribution in [3.63, 3.8) is 0 Å². The van der Waals surface area contributed by atoms with Gasteiger partial charge in [-0.05, 0) is 19.1 Å². The van der Waals surface area contributed by atoms with Gasteiger partial charge in [-0.25, -0.2) is 9.97 Å². The van der Waals surface area contributed by atoms with Crippen LogP contribution in [-0.2, 0) is 9.63 Å². The van der Waals surface area contributed by atoms with Gasteiger partial charge in [0, 0.05) is 12.3 Å². The van der Waals surface area contributed by atoms with E-state index in [0.717, 1.165) is 12.3 Å². The molecule has 2 aromatic heterocycles. The first-order valence-corrected chi connectivity index (χ1v) is 9.60. The molecule has 2 heterocycles. The molecule has 15 heteroatoms. The molecule has 0 saturated carbocycles. The van der Waals surface area contributed by atoms with E-state index in [0.29, 0.717) is 0 Å². The molecule has 10 N–H and O–H groups in total. The van der Waals surface area contributed by atoms with Gasteiger partial charge in [-0.15, -0.1) is 10.2 Å². The van der Waals surface area contributed by atoms with Crippen molar-refractivity contribution >= 4 is 29.5 Å². The fourth-order valence-corrected chi connectivity index (χ4v) is 2.29. The van der Waals surface area contributed by atoms with Crippen LogP contribution in [0, 0.1) is 0 Å². The molecule has 15 nitrogen and oxygen atoms in total. The zero-order valence-electron chi connectivity index (χ0n) is 17.8. The van der Waals surface area contributed by atoms with Crippen molar-refractivity contribution in [2.75, 3.05) is 11.9 Å². The Morgan fingerprint density at radius 1 is 1.15 bits per heavy atom. The van der Waals surface area contributed by atoms with Crippen LogP contribution >= 0.6 is 0 Å². The highest BCUT2D eigenvalue weighted by Gasteiger charge is 2.19. The van der Waals surface area contributed by atoms with E-state index in [1.54, 1.807) is 0 Å². The second kappa shape index (κ2) is 12.0. The van der Waals surface area contributed by atoms with Gasteiger partial charge in [0.05, 0.1) is 24.2 Å². The molecule has 0 spiro atoms. The number of nitrogens with one attached hydrogen (secondary N) is 1. The van der Waals surface area contributed by atoms with Crippen molar-refractivity contribution in [1.82, 2.24) is 9.97 Å². The number of aliphatic hydroxyl groups is 3. The van der Waals surface area contributed by atoms with Gasteiger partial charge in [-0.2, -0.15) is 0 Å². The Morgan fingerprint density at radius 2 is 1.79 bits per heavy atom. The van der Waals surface area contributed by atoms with Crippen molar-refractivity contribution in [3.8, 4) is 11.5 Å². The zero-order valence-corrected chi connectivity index (χ0v) is 17.8. The molecule has 182 valence electrons. The maximum Gasteiger partial charge on any atom is 0.265 e. The van der Waals surface area contributed by atoms with Crippen molar-refractivity contribution in [3.05, 3.63) is 42.0 Å². The Balaban J connectivity index is 1.96. The third-order valence-corrected chi connectivity index (χ3v) is 4.02. The molecular weight excluding hydrogens is 452 g/mol.